The lowest BCUT2D eigenvalue weighted by Crippen LogP contribution is -2.56. The van der Waals surface area contributed by atoms with Crippen LogP contribution >= 0.6 is 0 Å². The SMILES string of the molecule is Cc1ccc(-c2cc(C(F)(F)F)nn2-c2ccc(S(=O)(=O)NC(=O)C3CN(/[N+]([O-])=N/OC(C)OC(=O)OC(C)(C)C)C3)cc2)cc1. The number of hydrazine groups is 1. The molecule has 3 aromatic rings. The molecule has 0 bridgehead atoms. The van der Waals surface area contributed by atoms with Crippen LogP contribution in [0.25, 0.3) is 16.9 Å². The summed E-state index contributed by atoms with van der Waals surface area (Å²) in [6.45, 7) is 7.63. The average molecular weight is 669 g/mol. The normalized spacial score (nSPS) is 15.1. The van der Waals surface area contributed by atoms with Crippen molar-refractivity contribution in [2.75, 3.05) is 13.1 Å². The fourth-order valence-electron chi connectivity index (χ4n) is 4.04. The third kappa shape index (κ3) is 8.43. The minimum Gasteiger partial charge on any atom is -0.569 e. The van der Waals surface area contributed by atoms with Gasteiger partial charge in [0.2, 0.25) is 11.2 Å². The number of ether oxygens (including phenoxy) is 2. The fourth-order valence-corrected chi connectivity index (χ4v) is 5.08. The number of benzene rings is 2. The molecule has 248 valence electrons. The monoisotopic (exact) mass is 668 g/mol. The molecule has 46 heavy (non-hydrogen) atoms. The zero-order valence-electron chi connectivity index (χ0n) is 25.3. The molecule has 4 rings (SSSR count). The number of carbonyl (C=O) groups excluding carboxylic acids is 2. The van der Waals surface area contributed by atoms with Gasteiger partial charge in [-0.15, -0.1) is 5.01 Å². The van der Waals surface area contributed by atoms with Gasteiger partial charge in [0, 0.05) is 12.5 Å². The van der Waals surface area contributed by atoms with Crippen molar-refractivity contribution in [1.29, 1.82) is 0 Å². The van der Waals surface area contributed by atoms with Gasteiger partial charge in [0.1, 0.15) is 5.60 Å². The van der Waals surface area contributed by atoms with Crippen molar-refractivity contribution in [3.8, 4) is 16.9 Å². The highest BCUT2D eigenvalue weighted by molar-refractivity contribution is 7.90. The third-order valence-electron chi connectivity index (χ3n) is 6.37. The summed E-state index contributed by atoms with van der Waals surface area (Å²) in [6.07, 6.45) is -7.01. The van der Waals surface area contributed by atoms with Crippen LogP contribution in [-0.4, -0.2) is 65.2 Å². The second-order valence-electron chi connectivity index (χ2n) is 11.3. The topological polar surface area (TPSA) is 167 Å². The molecule has 2 aromatic carbocycles. The molecule has 0 spiro atoms. The first-order valence-electron chi connectivity index (χ1n) is 13.7. The summed E-state index contributed by atoms with van der Waals surface area (Å²) in [5, 5.41) is 20.1. The standard InChI is InChI=1S/C28H31F3N6O8S/c1-17-6-8-19(9-7-17)23-14-24(28(29,30)31)32-36(23)21-10-12-22(13-11-21)46(41,42)33-25(38)20-15-35(16-20)37(40)34-45-18(2)43-26(39)44-27(3,4)5/h6-14,18,20H,15-16H2,1-5H3,(H,33,38)/b37-34-. The van der Waals surface area contributed by atoms with E-state index in [1.54, 1.807) is 45.0 Å². The number of carbonyl (C=O) groups is 2. The molecule has 2 heterocycles. The molecule has 1 saturated heterocycles. The number of nitrogens with one attached hydrogen (secondary N) is 1. The summed E-state index contributed by atoms with van der Waals surface area (Å²) in [5.41, 5.74) is -0.269. The first kappa shape index (κ1) is 34.0. The maximum atomic E-state index is 13.5. The molecular formula is C28H31F3N6O8S. The van der Waals surface area contributed by atoms with Crippen LogP contribution in [0.15, 0.2) is 64.8 Å². The average Bonchev–Trinajstić information content (AvgIpc) is 3.36. The number of sulfonamides is 1. The van der Waals surface area contributed by atoms with Crippen molar-refractivity contribution < 1.29 is 50.5 Å². The smallest absolute Gasteiger partial charge is 0.511 e. The van der Waals surface area contributed by atoms with Gasteiger partial charge in [0.15, 0.2) is 5.69 Å². The number of nitrogens with zero attached hydrogens (tertiary/aromatic N) is 5. The highest BCUT2D eigenvalue weighted by atomic mass is 32.2. The molecule has 0 radical (unpaired) electrons. The molecule has 1 fully saturated rings. The molecule has 1 atom stereocenters. The Balaban J connectivity index is 1.37. The van der Waals surface area contributed by atoms with E-state index in [0.717, 1.165) is 33.5 Å². The largest absolute Gasteiger partial charge is 0.569 e. The lowest BCUT2D eigenvalue weighted by atomic mass is 10.0. The van der Waals surface area contributed by atoms with Crippen LogP contribution in [0.5, 0.6) is 0 Å². The Morgan fingerprint density at radius 1 is 1.09 bits per heavy atom. The summed E-state index contributed by atoms with van der Waals surface area (Å²) in [5.74, 6) is -1.78. The van der Waals surface area contributed by atoms with Gasteiger partial charge in [-0.25, -0.2) is 22.6 Å². The summed E-state index contributed by atoms with van der Waals surface area (Å²) in [6, 6.07) is 12.4. The van der Waals surface area contributed by atoms with Gasteiger partial charge < -0.3 is 14.7 Å². The van der Waals surface area contributed by atoms with Crippen LogP contribution in [0.2, 0.25) is 0 Å². The van der Waals surface area contributed by atoms with Crippen LogP contribution in [0, 0.1) is 18.0 Å². The van der Waals surface area contributed by atoms with Crippen molar-refractivity contribution in [3.05, 3.63) is 71.1 Å². The van der Waals surface area contributed by atoms with E-state index in [1.807, 2.05) is 11.6 Å². The van der Waals surface area contributed by atoms with E-state index in [4.69, 9.17) is 14.3 Å². The first-order valence-corrected chi connectivity index (χ1v) is 15.2. The molecule has 1 aliphatic rings. The van der Waals surface area contributed by atoms with E-state index >= 15 is 0 Å². The van der Waals surface area contributed by atoms with Gasteiger partial charge in [-0.3, -0.25) is 9.63 Å². The summed E-state index contributed by atoms with van der Waals surface area (Å²) < 4.78 is 79.0. The Morgan fingerprint density at radius 2 is 1.70 bits per heavy atom. The van der Waals surface area contributed by atoms with E-state index < -0.39 is 51.8 Å². The van der Waals surface area contributed by atoms with Crippen LogP contribution in [-0.2, 0) is 35.3 Å². The molecule has 0 saturated carbocycles. The van der Waals surface area contributed by atoms with E-state index in [0.29, 0.717) is 5.56 Å². The number of aromatic nitrogens is 2. The molecule has 0 aliphatic carbocycles. The molecule has 1 aliphatic heterocycles. The molecule has 18 heteroatoms. The Labute approximate surface area is 261 Å². The minimum absolute atomic E-state index is 0.0241. The van der Waals surface area contributed by atoms with E-state index in [1.165, 1.54) is 19.1 Å². The maximum absolute atomic E-state index is 13.5. The molecule has 1 amide bonds. The highest BCUT2D eigenvalue weighted by Gasteiger charge is 2.40. The van der Waals surface area contributed by atoms with E-state index in [2.05, 4.69) is 10.4 Å². The lowest BCUT2D eigenvalue weighted by molar-refractivity contribution is -0.727. The lowest BCUT2D eigenvalue weighted by Gasteiger charge is -2.32. The van der Waals surface area contributed by atoms with Gasteiger partial charge >= 0.3 is 12.3 Å². The summed E-state index contributed by atoms with van der Waals surface area (Å²) in [7, 11) is -4.38. The van der Waals surface area contributed by atoms with Crippen LogP contribution < -0.4 is 4.72 Å². The number of halogens is 3. The van der Waals surface area contributed by atoms with Gasteiger partial charge in [0.25, 0.3) is 16.3 Å². The number of hydrogen-bond acceptors (Lipinski definition) is 10. The minimum atomic E-state index is -4.71. The zero-order valence-corrected chi connectivity index (χ0v) is 26.1. The van der Waals surface area contributed by atoms with Crippen LogP contribution in [0.1, 0.15) is 39.0 Å². The fraction of sp³-hybridized carbons (Fsp3) is 0.393. The Hall–Kier alpha value is -4.87. The van der Waals surface area contributed by atoms with Gasteiger partial charge in [-0.2, -0.15) is 18.3 Å². The predicted octanol–water partition coefficient (Wildman–Crippen LogP) is 4.71. The van der Waals surface area contributed by atoms with Crippen LogP contribution in [0.4, 0.5) is 18.0 Å². The molecule has 1 aromatic heterocycles. The summed E-state index contributed by atoms with van der Waals surface area (Å²) in [4.78, 5) is 28.7. The van der Waals surface area contributed by atoms with Crippen molar-refractivity contribution in [2.45, 2.75) is 57.6 Å². The van der Waals surface area contributed by atoms with Gasteiger partial charge in [0.05, 0.1) is 40.3 Å². The number of alkyl halides is 3. The third-order valence-corrected chi connectivity index (χ3v) is 7.73. The van der Waals surface area contributed by atoms with Gasteiger partial charge in [-0.1, -0.05) is 29.8 Å². The Morgan fingerprint density at radius 3 is 2.26 bits per heavy atom. The van der Waals surface area contributed by atoms with E-state index in [9.17, 15) is 36.4 Å². The second-order valence-corrected chi connectivity index (χ2v) is 13.0. The number of hydrogen-bond donors (Lipinski definition) is 1. The van der Waals surface area contributed by atoms with Crippen molar-refractivity contribution >= 4 is 22.1 Å². The van der Waals surface area contributed by atoms with E-state index in [-0.39, 0.29) is 34.3 Å². The van der Waals surface area contributed by atoms with Gasteiger partial charge in [-0.05, 0) is 58.0 Å². The molecular weight excluding hydrogens is 637 g/mol. The van der Waals surface area contributed by atoms with Crippen molar-refractivity contribution in [1.82, 2.24) is 19.5 Å². The predicted molar refractivity (Wildman–Crippen MR) is 153 cm³/mol. The Bertz CT molecular complexity index is 1710. The molecule has 1 unspecified atom stereocenters. The number of rotatable bonds is 9. The number of amides is 1. The quantitative estimate of drug-likeness (QED) is 0.111. The summed E-state index contributed by atoms with van der Waals surface area (Å²) >= 11 is 0. The van der Waals surface area contributed by atoms with Crippen LogP contribution in [0.3, 0.4) is 0 Å². The zero-order chi connectivity index (χ0) is 34.0. The first-order chi connectivity index (χ1) is 21.3. The molecule has 14 nitrogen and oxygen atoms in total. The molecule has 1 N–H and O–H groups in total. The number of aryl methyl sites for hydroxylation is 1. The second kappa shape index (κ2) is 12.9. The van der Waals surface area contributed by atoms with Crippen molar-refractivity contribution in [2.24, 2.45) is 11.2 Å². The van der Waals surface area contributed by atoms with Crippen molar-refractivity contribution in [3.63, 3.8) is 0 Å². The maximum Gasteiger partial charge on any atom is 0.511 e. The highest BCUT2D eigenvalue weighted by Crippen LogP contribution is 2.33. The Kier molecular flexibility index (Phi) is 9.51.